The van der Waals surface area contributed by atoms with Crippen LogP contribution in [-0.2, 0) is 27.9 Å². The van der Waals surface area contributed by atoms with Crippen LogP contribution in [0.2, 0.25) is 0 Å². The molecule has 53 heavy (non-hydrogen) atoms. The molecule has 4 N–H and O–H groups in total. The van der Waals surface area contributed by atoms with Gasteiger partial charge in [-0.2, -0.15) is 0 Å². The van der Waals surface area contributed by atoms with Gasteiger partial charge in [0.15, 0.2) is 0 Å². The van der Waals surface area contributed by atoms with E-state index in [1.807, 2.05) is 12.1 Å². The highest BCUT2D eigenvalue weighted by molar-refractivity contribution is 9.10. The molecule has 0 spiro atoms. The molecular formula is C35H52B3BrF4N4O6. The van der Waals surface area contributed by atoms with Gasteiger partial charge in [0.1, 0.15) is 0 Å². The zero-order chi connectivity index (χ0) is 38.8. The van der Waals surface area contributed by atoms with E-state index in [2.05, 4.69) is 57.5 Å². The zero-order valence-electron chi connectivity index (χ0n) is 31.6. The summed E-state index contributed by atoms with van der Waals surface area (Å²) in [6.45, 7) is 16.8. The van der Waals surface area contributed by atoms with Crippen molar-refractivity contribution in [2.24, 2.45) is 16.2 Å². The maximum absolute atomic E-state index is 13.3. The average molecular weight is 813 g/mol. The number of anilines is 4. The van der Waals surface area contributed by atoms with Gasteiger partial charge in [0.25, 0.3) is 11.8 Å². The Morgan fingerprint density at radius 2 is 0.962 bits per heavy atom. The van der Waals surface area contributed by atoms with Crippen molar-refractivity contribution in [3.05, 3.63) is 40.9 Å². The zero-order valence-corrected chi connectivity index (χ0v) is 33.2. The lowest BCUT2D eigenvalue weighted by Gasteiger charge is -2.38. The van der Waals surface area contributed by atoms with Crippen LogP contribution in [0.25, 0.3) is 0 Å². The second kappa shape index (κ2) is 16.5. The molecule has 0 amide bonds. The van der Waals surface area contributed by atoms with Crippen LogP contribution in [-0.4, -0.2) is 98.8 Å². The summed E-state index contributed by atoms with van der Waals surface area (Å²) < 4.78 is 87.5. The van der Waals surface area contributed by atoms with Gasteiger partial charge in [-0.15, -0.1) is 0 Å². The third-order valence-electron chi connectivity index (χ3n) is 9.36. The topological polar surface area (TPSA) is 114 Å². The first kappa shape index (κ1) is 41.9. The fraction of sp³-hybridized carbons (Fsp3) is 0.657. The van der Waals surface area contributed by atoms with Crippen molar-refractivity contribution in [1.82, 2.24) is 0 Å². The molecule has 5 fully saturated rings. The summed E-state index contributed by atoms with van der Waals surface area (Å²) in [5, 5.41) is 0. The van der Waals surface area contributed by atoms with Crippen molar-refractivity contribution in [3.63, 3.8) is 0 Å². The Morgan fingerprint density at radius 1 is 0.585 bits per heavy atom. The summed E-state index contributed by atoms with van der Waals surface area (Å²) in [7, 11) is -1.18. The van der Waals surface area contributed by atoms with Crippen molar-refractivity contribution in [3.8, 4) is 0 Å². The summed E-state index contributed by atoms with van der Waals surface area (Å²) in [6, 6.07) is 10.7. The molecule has 5 aliphatic heterocycles. The molecule has 5 aliphatic rings. The van der Waals surface area contributed by atoms with Gasteiger partial charge in [0, 0.05) is 86.3 Å². The summed E-state index contributed by atoms with van der Waals surface area (Å²) in [4.78, 5) is 3.26. The summed E-state index contributed by atoms with van der Waals surface area (Å²) >= 11 is 3.28. The van der Waals surface area contributed by atoms with E-state index in [9.17, 15) is 17.6 Å². The van der Waals surface area contributed by atoms with Crippen molar-refractivity contribution >= 4 is 65.3 Å². The third-order valence-corrected chi connectivity index (χ3v) is 9.85. The first-order valence-corrected chi connectivity index (χ1v) is 18.8. The molecule has 2 aromatic rings. The third kappa shape index (κ3) is 11.9. The maximum atomic E-state index is 13.3. The molecule has 2 aromatic carbocycles. The van der Waals surface area contributed by atoms with E-state index >= 15 is 0 Å². The summed E-state index contributed by atoms with van der Waals surface area (Å²) in [6.07, 6.45) is -0.222. The van der Waals surface area contributed by atoms with Crippen LogP contribution >= 0.6 is 15.9 Å². The predicted molar refractivity (Wildman–Crippen MR) is 207 cm³/mol. The van der Waals surface area contributed by atoms with Gasteiger partial charge >= 0.3 is 21.1 Å². The SMILES string of the molecule is CC1(C)COB(B2OCC(C)(C)CO2)OC1.CC1(C)COB(c2ccc(N3CCC(F)(F)C3)c(N)c2)OC1.Nc1cc(Br)ccc1N1CCC(F)(F)C1. The number of rotatable bonds is 4. The normalized spacial score (nSPS) is 24.2. The number of nitrogens with zero attached hydrogens (tertiary/aromatic N) is 2. The number of nitrogen functional groups attached to an aromatic ring is 2. The molecule has 292 valence electrons. The van der Waals surface area contributed by atoms with Gasteiger partial charge in [-0.1, -0.05) is 63.5 Å². The summed E-state index contributed by atoms with van der Waals surface area (Å²) in [5.41, 5.74) is 15.2. The lowest BCUT2D eigenvalue weighted by molar-refractivity contribution is 0.00624. The van der Waals surface area contributed by atoms with E-state index in [1.165, 1.54) is 0 Å². The Kier molecular flexibility index (Phi) is 13.1. The number of hydrogen-bond donors (Lipinski definition) is 2. The van der Waals surface area contributed by atoms with Crippen LogP contribution in [0.4, 0.5) is 40.3 Å². The van der Waals surface area contributed by atoms with Crippen LogP contribution in [0.5, 0.6) is 0 Å². The van der Waals surface area contributed by atoms with Crippen molar-refractivity contribution in [1.29, 1.82) is 0 Å². The van der Waals surface area contributed by atoms with E-state index in [1.54, 1.807) is 34.1 Å². The minimum Gasteiger partial charge on any atom is -0.413 e. The Balaban J connectivity index is 0.000000157. The highest BCUT2D eigenvalue weighted by atomic mass is 79.9. The molecule has 0 atom stereocenters. The highest BCUT2D eigenvalue weighted by Gasteiger charge is 2.48. The Hall–Kier alpha value is -2.21. The van der Waals surface area contributed by atoms with Crippen LogP contribution in [0.1, 0.15) is 54.4 Å². The predicted octanol–water partition coefficient (Wildman–Crippen LogP) is 5.95. The fourth-order valence-corrected chi connectivity index (χ4v) is 6.69. The molecular weight excluding hydrogens is 761 g/mol. The first-order chi connectivity index (χ1) is 24.6. The van der Waals surface area contributed by atoms with Gasteiger partial charge in [-0.25, -0.2) is 17.6 Å². The van der Waals surface area contributed by atoms with E-state index in [0.717, 1.165) is 9.94 Å². The smallest absolute Gasteiger partial charge is 0.413 e. The van der Waals surface area contributed by atoms with Crippen LogP contribution < -0.4 is 26.7 Å². The van der Waals surface area contributed by atoms with E-state index in [4.69, 9.17) is 39.4 Å². The Bertz CT molecular complexity index is 1510. The van der Waals surface area contributed by atoms with Crippen molar-refractivity contribution in [2.45, 2.75) is 66.2 Å². The molecule has 7 rings (SSSR count). The average Bonchev–Trinajstić information content (AvgIpc) is 3.61. The largest absolute Gasteiger partial charge is 0.493 e. The Morgan fingerprint density at radius 3 is 1.32 bits per heavy atom. The Labute approximate surface area is 320 Å². The quantitative estimate of drug-likeness (QED) is 0.219. The van der Waals surface area contributed by atoms with Crippen LogP contribution in [0.15, 0.2) is 40.9 Å². The van der Waals surface area contributed by atoms with Crippen LogP contribution in [0.3, 0.4) is 0 Å². The second-order valence-corrected chi connectivity index (χ2v) is 17.9. The standard InChI is InChI=1S/C15H21BF2N2O2.C10H20B2O4.C10H11BrF2N2/c1-14(2)9-21-16(22-10-14)11-3-4-13(12(19)7-11)20-6-5-15(17,18)8-20;1-9(2)5-13-11(14-6-9)12-15-7-10(3,4)8-16-12;11-7-1-2-9(8(14)5-7)15-4-3-10(12,13)6-15/h3-4,7H,5-6,8-10,19H2,1-2H3;5-8H2,1-4H3;1-2,5H,3-4,6,14H2. The van der Waals surface area contributed by atoms with Gasteiger partial charge < -0.3 is 49.2 Å². The van der Waals surface area contributed by atoms with E-state index in [0.29, 0.717) is 75.5 Å². The molecule has 0 aromatic heterocycles. The molecule has 0 aliphatic carbocycles. The monoisotopic (exact) mass is 812 g/mol. The van der Waals surface area contributed by atoms with Crippen molar-refractivity contribution < 1.29 is 45.5 Å². The van der Waals surface area contributed by atoms with Crippen LogP contribution in [0, 0.1) is 16.2 Å². The molecule has 0 unspecified atom stereocenters. The number of alkyl halides is 4. The molecule has 5 saturated heterocycles. The molecule has 18 heteroatoms. The molecule has 0 radical (unpaired) electrons. The number of hydrogen-bond acceptors (Lipinski definition) is 10. The van der Waals surface area contributed by atoms with Crippen molar-refractivity contribution in [2.75, 3.05) is 87.1 Å². The summed E-state index contributed by atoms with van der Waals surface area (Å²) in [5.74, 6) is -5.22. The lowest BCUT2D eigenvalue weighted by atomic mass is 9.47. The maximum Gasteiger partial charge on any atom is 0.493 e. The van der Waals surface area contributed by atoms with Gasteiger partial charge in [-0.3, -0.25) is 0 Å². The highest BCUT2D eigenvalue weighted by Crippen LogP contribution is 2.36. The minimum absolute atomic E-state index is 0.00309. The lowest BCUT2D eigenvalue weighted by Crippen LogP contribution is -2.56. The van der Waals surface area contributed by atoms with Gasteiger partial charge in [0.05, 0.1) is 35.8 Å². The molecule has 10 nitrogen and oxygen atoms in total. The van der Waals surface area contributed by atoms with E-state index in [-0.39, 0.29) is 56.2 Å². The number of halogens is 5. The number of nitrogens with two attached hydrogens (primary N) is 2. The van der Waals surface area contributed by atoms with Gasteiger partial charge in [-0.05, 0) is 35.8 Å². The second-order valence-electron chi connectivity index (χ2n) is 17.0. The van der Waals surface area contributed by atoms with Gasteiger partial charge in [0.2, 0.25) is 0 Å². The fourth-order valence-electron chi connectivity index (χ4n) is 6.31. The van der Waals surface area contributed by atoms with E-state index < -0.39 is 19.0 Å². The first-order valence-electron chi connectivity index (χ1n) is 18.0. The minimum atomic E-state index is -2.63. The molecule has 5 heterocycles. The molecule has 0 bridgehead atoms. The molecule has 0 saturated carbocycles. The number of benzene rings is 2.